The van der Waals surface area contributed by atoms with Crippen LogP contribution in [-0.4, -0.2) is 35.7 Å². The van der Waals surface area contributed by atoms with Gasteiger partial charge in [0.15, 0.2) is 15.1 Å². The summed E-state index contributed by atoms with van der Waals surface area (Å²) in [5.41, 5.74) is 2.26. The first-order valence-electron chi connectivity index (χ1n) is 11.2. The monoisotopic (exact) mass is 518 g/mol. The summed E-state index contributed by atoms with van der Waals surface area (Å²) in [5, 5.41) is 2.99. The van der Waals surface area contributed by atoms with E-state index in [1.807, 2.05) is 33.0 Å². The van der Waals surface area contributed by atoms with Crippen molar-refractivity contribution in [2.75, 3.05) is 0 Å². The standard InChI is InChI=1S/C26H31ClN2O5S/c1-15-12-21(27)20-14-23(29(7)22(20)13-15)24(30)28-16(2)18-8-10-19(11-9-18)35(32,33)17(3)25(31)34-26(4,5)6/h8-14,16-17H,1-7H3,(H,28,30)/t16-,17?/m1/s1. The fraction of sp³-hybridized carbons (Fsp3) is 0.385. The molecule has 3 aromatic rings. The zero-order valence-corrected chi connectivity index (χ0v) is 22.5. The molecule has 0 fully saturated rings. The first-order chi connectivity index (χ1) is 16.1. The maximum atomic E-state index is 13.0. The van der Waals surface area contributed by atoms with Gasteiger partial charge in [-0.1, -0.05) is 23.7 Å². The summed E-state index contributed by atoms with van der Waals surface area (Å²) in [6.07, 6.45) is 0. The van der Waals surface area contributed by atoms with Gasteiger partial charge in [0, 0.05) is 12.4 Å². The highest BCUT2D eigenvalue weighted by molar-refractivity contribution is 7.92. The topological polar surface area (TPSA) is 94.5 Å². The molecule has 0 saturated heterocycles. The van der Waals surface area contributed by atoms with Crippen LogP contribution in [0.3, 0.4) is 0 Å². The van der Waals surface area contributed by atoms with Crippen LogP contribution >= 0.6 is 11.6 Å². The largest absolute Gasteiger partial charge is 0.459 e. The summed E-state index contributed by atoms with van der Waals surface area (Å²) in [5.74, 6) is -1.08. The molecule has 2 atom stereocenters. The number of nitrogens with zero attached hydrogens (tertiary/aromatic N) is 1. The van der Waals surface area contributed by atoms with Gasteiger partial charge in [0.2, 0.25) is 0 Å². The molecule has 0 radical (unpaired) electrons. The lowest BCUT2D eigenvalue weighted by atomic mass is 10.1. The van der Waals surface area contributed by atoms with Gasteiger partial charge in [-0.2, -0.15) is 0 Å². The molecule has 35 heavy (non-hydrogen) atoms. The third-order valence-corrected chi connectivity index (χ3v) is 8.11. The first kappa shape index (κ1) is 26.8. The Labute approximate surface area is 211 Å². The van der Waals surface area contributed by atoms with E-state index in [9.17, 15) is 18.0 Å². The zero-order chi connectivity index (χ0) is 26.3. The number of amides is 1. The van der Waals surface area contributed by atoms with E-state index in [0.29, 0.717) is 10.7 Å². The lowest BCUT2D eigenvalue weighted by Crippen LogP contribution is -2.35. The highest BCUT2D eigenvalue weighted by Crippen LogP contribution is 2.28. The summed E-state index contributed by atoms with van der Waals surface area (Å²) in [6.45, 7) is 10.1. The second kappa shape index (κ2) is 9.66. The number of fused-ring (bicyclic) bond motifs is 1. The zero-order valence-electron chi connectivity index (χ0n) is 21.0. The van der Waals surface area contributed by atoms with E-state index in [4.69, 9.17) is 16.3 Å². The molecule has 1 N–H and O–H groups in total. The van der Waals surface area contributed by atoms with E-state index in [2.05, 4.69) is 5.32 Å². The minimum atomic E-state index is -3.92. The molecule has 9 heteroatoms. The van der Waals surface area contributed by atoms with Gasteiger partial charge in [-0.15, -0.1) is 0 Å². The lowest BCUT2D eigenvalue weighted by Gasteiger charge is -2.22. The molecule has 0 bridgehead atoms. The Balaban J connectivity index is 1.77. The van der Waals surface area contributed by atoms with Crippen molar-refractivity contribution < 1.29 is 22.7 Å². The van der Waals surface area contributed by atoms with Gasteiger partial charge in [-0.25, -0.2) is 8.42 Å². The highest BCUT2D eigenvalue weighted by Gasteiger charge is 2.33. The van der Waals surface area contributed by atoms with Gasteiger partial charge in [0.1, 0.15) is 11.3 Å². The third-order valence-electron chi connectivity index (χ3n) is 5.75. The quantitative estimate of drug-likeness (QED) is 0.456. The van der Waals surface area contributed by atoms with Gasteiger partial charge in [0.25, 0.3) is 5.91 Å². The van der Waals surface area contributed by atoms with Crippen LogP contribution in [0.15, 0.2) is 47.4 Å². The van der Waals surface area contributed by atoms with E-state index >= 15 is 0 Å². The van der Waals surface area contributed by atoms with E-state index in [0.717, 1.165) is 22.0 Å². The van der Waals surface area contributed by atoms with Crippen LogP contribution in [0.4, 0.5) is 0 Å². The van der Waals surface area contributed by atoms with Gasteiger partial charge >= 0.3 is 5.97 Å². The predicted octanol–water partition coefficient (Wildman–Crippen LogP) is 5.14. The number of aryl methyl sites for hydroxylation is 2. The van der Waals surface area contributed by atoms with Gasteiger partial charge in [-0.3, -0.25) is 9.59 Å². The molecule has 7 nitrogen and oxygen atoms in total. The Morgan fingerprint density at radius 2 is 1.66 bits per heavy atom. The Hall–Kier alpha value is -2.84. The number of hydrogen-bond donors (Lipinski definition) is 1. The molecular formula is C26H31ClN2O5S. The Morgan fingerprint density at radius 1 is 1.06 bits per heavy atom. The molecule has 0 aliphatic carbocycles. The lowest BCUT2D eigenvalue weighted by molar-refractivity contribution is -0.153. The molecule has 3 rings (SSSR count). The predicted molar refractivity (Wildman–Crippen MR) is 137 cm³/mol. The number of aromatic nitrogens is 1. The minimum absolute atomic E-state index is 0.0110. The molecule has 188 valence electrons. The number of sulfone groups is 1. The van der Waals surface area contributed by atoms with Gasteiger partial charge in [-0.05, 0) is 83.0 Å². The number of benzene rings is 2. The number of ether oxygens (including phenoxy) is 1. The van der Waals surface area contributed by atoms with Crippen molar-refractivity contribution in [1.29, 1.82) is 0 Å². The third kappa shape index (κ3) is 5.70. The van der Waals surface area contributed by atoms with Crippen LogP contribution in [0.25, 0.3) is 10.9 Å². The van der Waals surface area contributed by atoms with Crippen LogP contribution in [-0.2, 0) is 26.4 Å². The number of rotatable bonds is 6. The first-order valence-corrected chi connectivity index (χ1v) is 13.2. The minimum Gasteiger partial charge on any atom is -0.459 e. The van der Waals surface area contributed by atoms with E-state index in [1.54, 1.807) is 43.5 Å². The second-order valence-corrected chi connectivity index (χ2v) is 12.4. The normalized spacial score (nSPS) is 13.9. The fourth-order valence-electron chi connectivity index (χ4n) is 3.75. The Morgan fingerprint density at radius 3 is 2.23 bits per heavy atom. The highest BCUT2D eigenvalue weighted by atomic mass is 35.5. The molecular weight excluding hydrogens is 488 g/mol. The van der Waals surface area contributed by atoms with Crippen LogP contribution in [0, 0.1) is 6.92 Å². The molecule has 0 saturated carbocycles. The summed E-state index contributed by atoms with van der Waals surface area (Å²) in [7, 11) is -2.12. The molecule has 1 unspecified atom stereocenters. The molecule has 0 aliphatic rings. The molecule has 1 amide bonds. The van der Waals surface area contributed by atoms with Gasteiger partial charge < -0.3 is 14.6 Å². The summed E-state index contributed by atoms with van der Waals surface area (Å²) in [4.78, 5) is 25.3. The molecule has 2 aromatic carbocycles. The number of carbonyl (C=O) groups excluding carboxylic acids is 2. The van der Waals surface area contributed by atoms with E-state index in [1.165, 1.54) is 19.1 Å². The van der Waals surface area contributed by atoms with Crippen molar-refractivity contribution >= 4 is 44.2 Å². The molecule has 1 aromatic heterocycles. The smallest absolute Gasteiger partial charge is 0.324 e. The van der Waals surface area contributed by atoms with Crippen molar-refractivity contribution in [1.82, 2.24) is 9.88 Å². The van der Waals surface area contributed by atoms with Crippen LogP contribution in [0.5, 0.6) is 0 Å². The summed E-state index contributed by atoms with van der Waals surface area (Å²) in [6, 6.07) is 11.3. The van der Waals surface area contributed by atoms with E-state index in [-0.39, 0.29) is 10.8 Å². The molecule has 0 spiro atoms. The van der Waals surface area contributed by atoms with Crippen LogP contribution in [0.1, 0.15) is 62.3 Å². The maximum absolute atomic E-state index is 13.0. The Kier molecular flexibility index (Phi) is 7.39. The SMILES string of the molecule is Cc1cc(Cl)c2cc(C(=O)N[C@H](C)c3ccc(S(=O)(=O)C(C)C(=O)OC(C)(C)C)cc3)n(C)c2c1. The van der Waals surface area contributed by atoms with Crippen molar-refractivity contribution in [2.24, 2.45) is 7.05 Å². The number of carbonyl (C=O) groups is 2. The van der Waals surface area contributed by atoms with Crippen LogP contribution in [0.2, 0.25) is 5.02 Å². The van der Waals surface area contributed by atoms with Crippen molar-refractivity contribution in [3.8, 4) is 0 Å². The number of esters is 1. The number of halogens is 1. The maximum Gasteiger partial charge on any atom is 0.324 e. The average molecular weight is 519 g/mol. The van der Waals surface area contributed by atoms with Crippen LogP contribution < -0.4 is 5.32 Å². The summed E-state index contributed by atoms with van der Waals surface area (Å²) >= 11 is 6.36. The number of nitrogens with one attached hydrogen (secondary N) is 1. The molecule has 1 heterocycles. The van der Waals surface area contributed by atoms with Crippen molar-refractivity contribution in [3.63, 3.8) is 0 Å². The fourth-order valence-corrected chi connectivity index (χ4v) is 5.30. The van der Waals surface area contributed by atoms with Crippen molar-refractivity contribution in [3.05, 3.63) is 64.3 Å². The van der Waals surface area contributed by atoms with Crippen molar-refractivity contribution in [2.45, 2.75) is 63.3 Å². The number of hydrogen-bond acceptors (Lipinski definition) is 5. The molecule has 0 aliphatic heterocycles. The summed E-state index contributed by atoms with van der Waals surface area (Å²) < 4.78 is 32.8. The van der Waals surface area contributed by atoms with E-state index < -0.39 is 32.7 Å². The second-order valence-electron chi connectivity index (χ2n) is 9.75. The average Bonchev–Trinajstić information content (AvgIpc) is 3.09. The van der Waals surface area contributed by atoms with Gasteiger partial charge in [0.05, 0.1) is 21.5 Å². The Bertz CT molecular complexity index is 1390.